The number of ether oxygens (including phenoxy) is 3. The lowest BCUT2D eigenvalue weighted by Crippen LogP contribution is -2.60. The summed E-state index contributed by atoms with van der Waals surface area (Å²) in [5, 5.41) is 77.5. The lowest BCUT2D eigenvalue weighted by molar-refractivity contribution is -0.277. The molecule has 2 aromatic rings. The monoisotopic (exact) mass is 440 g/mol. The van der Waals surface area contributed by atoms with Crippen LogP contribution in [0.3, 0.4) is 0 Å². The number of esters is 1. The molecule has 1 fully saturated rings. The van der Waals surface area contributed by atoms with Gasteiger partial charge in [0.15, 0.2) is 17.2 Å². The van der Waals surface area contributed by atoms with E-state index in [1.54, 1.807) is 0 Å². The van der Waals surface area contributed by atoms with Gasteiger partial charge >= 0.3 is 5.97 Å². The van der Waals surface area contributed by atoms with Crippen molar-refractivity contribution in [1.29, 1.82) is 0 Å². The predicted molar refractivity (Wildman–Crippen MR) is 98.8 cm³/mol. The SMILES string of the molecule is O=C(OC[C@H]1O[C@@H](Oc2cc(O)cc(O)c2)[C@H](O)[C@@H](O)[C@@H]1O)c1cc(O)c(O)c(O)c1. The molecular formula is C19H20O12. The zero-order valence-electron chi connectivity index (χ0n) is 15.7. The first-order valence-electron chi connectivity index (χ1n) is 8.88. The number of phenolic OH excluding ortho intramolecular Hbond substituents is 5. The van der Waals surface area contributed by atoms with Crippen LogP contribution in [-0.4, -0.2) is 84.1 Å². The zero-order valence-corrected chi connectivity index (χ0v) is 15.7. The number of rotatable bonds is 5. The molecule has 0 saturated carbocycles. The Morgan fingerprint density at radius 2 is 1.42 bits per heavy atom. The summed E-state index contributed by atoms with van der Waals surface area (Å²) in [6.07, 6.45) is -8.09. The minimum Gasteiger partial charge on any atom is -0.508 e. The normalized spacial score (nSPS) is 25.7. The molecule has 0 amide bonds. The van der Waals surface area contributed by atoms with Gasteiger partial charge in [-0.15, -0.1) is 0 Å². The highest BCUT2D eigenvalue weighted by Crippen LogP contribution is 2.35. The van der Waals surface area contributed by atoms with Gasteiger partial charge in [0.25, 0.3) is 0 Å². The van der Waals surface area contributed by atoms with Crippen molar-refractivity contribution in [3.05, 3.63) is 35.9 Å². The lowest BCUT2D eigenvalue weighted by Gasteiger charge is -2.39. The molecule has 3 rings (SSSR count). The smallest absolute Gasteiger partial charge is 0.338 e. The number of aliphatic hydroxyl groups excluding tert-OH is 3. The van der Waals surface area contributed by atoms with Crippen LogP contribution in [0.2, 0.25) is 0 Å². The molecule has 0 spiro atoms. The molecule has 0 radical (unpaired) electrons. The van der Waals surface area contributed by atoms with Crippen molar-refractivity contribution >= 4 is 5.97 Å². The van der Waals surface area contributed by atoms with Crippen LogP contribution in [0.15, 0.2) is 30.3 Å². The summed E-state index contributed by atoms with van der Waals surface area (Å²) in [6, 6.07) is 4.92. The van der Waals surface area contributed by atoms with Crippen molar-refractivity contribution in [2.75, 3.05) is 6.61 Å². The van der Waals surface area contributed by atoms with Crippen LogP contribution in [0, 0.1) is 0 Å². The molecule has 12 nitrogen and oxygen atoms in total. The van der Waals surface area contributed by atoms with Crippen molar-refractivity contribution < 1.29 is 59.9 Å². The van der Waals surface area contributed by atoms with Gasteiger partial charge < -0.3 is 55.1 Å². The summed E-state index contributed by atoms with van der Waals surface area (Å²) >= 11 is 0. The highest BCUT2D eigenvalue weighted by molar-refractivity contribution is 5.91. The number of hydrogen-bond donors (Lipinski definition) is 8. The van der Waals surface area contributed by atoms with Gasteiger partial charge in [-0.1, -0.05) is 0 Å². The number of aromatic hydroxyl groups is 5. The number of benzene rings is 2. The molecule has 1 aliphatic heterocycles. The molecule has 1 aliphatic rings. The summed E-state index contributed by atoms with van der Waals surface area (Å²) in [4.78, 5) is 12.1. The van der Waals surface area contributed by atoms with E-state index < -0.39 is 60.5 Å². The fraction of sp³-hybridized carbons (Fsp3) is 0.316. The Morgan fingerprint density at radius 3 is 2.00 bits per heavy atom. The fourth-order valence-electron chi connectivity index (χ4n) is 2.88. The van der Waals surface area contributed by atoms with Gasteiger partial charge in [-0.25, -0.2) is 4.79 Å². The van der Waals surface area contributed by atoms with Crippen LogP contribution in [0.4, 0.5) is 0 Å². The van der Waals surface area contributed by atoms with E-state index in [-0.39, 0.29) is 22.8 Å². The second kappa shape index (κ2) is 8.73. The molecule has 1 heterocycles. The van der Waals surface area contributed by atoms with E-state index >= 15 is 0 Å². The molecule has 0 unspecified atom stereocenters. The van der Waals surface area contributed by atoms with Gasteiger partial charge in [0.1, 0.15) is 48.3 Å². The van der Waals surface area contributed by atoms with Crippen molar-refractivity contribution in [2.24, 2.45) is 0 Å². The minimum absolute atomic E-state index is 0.115. The third-order valence-electron chi connectivity index (χ3n) is 4.48. The van der Waals surface area contributed by atoms with Gasteiger partial charge in [0.2, 0.25) is 6.29 Å². The average molecular weight is 440 g/mol. The van der Waals surface area contributed by atoms with Crippen molar-refractivity contribution in [3.63, 3.8) is 0 Å². The Hall–Kier alpha value is -3.45. The van der Waals surface area contributed by atoms with Gasteiger partial charge in [-0.2, -0.15) is 0 Å². The average Bonchev–Trinajstić information content (AvgIpc) is 2.70. The highest BCUT2D eigenvalue weighted by atomic mass is 16.7. The molecule has 1 saturated heterocycles. The van der Waals surface area contributed by atoms with E-state index in [0.717, 1.165) is 30.3 Å². The van der Waals surface area contributed by atoms with E-state index in [1.807, 2.05) is 0 Å². The van der Waals surface area contributed by atoms with E-state index in [2.05, 4.69) is 0 Å². The molecule has 0 bridgehead atoms. The highest BCUT2D eigenvalue weighted by Gasteiger charge is 2.45. The Labute approximate surface area is 174 Å². The quantitative estimate of drug-likeness (QED) is 0.214. The minimum atomic E-state index is -1.75. The van der Waals surface area contributed by atoms with E-state index in [1.165, 1.54) is 0 Å². The second-order valence-electron chi connectivity index (χ2n) is 6.78. The van der Waals surface area contributed by atoms with Gasteiger partial charge in [-0.05, 0) is 12.1 Å². The van der Waals surface area contributed by atoms with Crippen LogP contribution >= 0.6 is 0 Å². The molecule has 12 heteroatoms. The van der Waals surface area contributed by atoms with Crippen LogP contribution in [-0.2, 0) is 9.47 Å². The topological polar surface area (TPSA) is 207 Å². The molecular weight excluding hydrogens is 420 g/mol. The van der Waals surface area contributed by atoms with Crippen molar-refractivity contribution in [3.8, 4) is 34.5 Å². The Morgan fingerprint density at radius 1 is 0.839 bits per heavy atom. The Balaban J connectivity index is 1.69. The van der Waals surface area contributed by atoms with Crippen LogP contribution in [0.5, 0.6) is 34.5 Å². The first-order chi connectivity index (χ1) is 14.6. The van der Waals surface area contributed by atoms with Crippen molar-refractivity contribution in [2.45, 2.75) is 30.7 Å². The zero-order chi connectivity index (χ0) is 22.9. The molecule has 31 heavy (non-hydrogen) atoms. The predicted octanol–water partition coefficient (Wildman–Crippen LogP) is -0.742. The Bertz CT molecular complexity index is 918. The summed E-state index contributed by atoms with van der Waals surface area (Å²) < 4.78 is 15.6. The van der Waals surface area contributed by atoms with Crippen LogP contribution < -0.4 is 4.74 Å². The van der Waals surface area contributed by atoms with E-state index in [0.29, 0.717) is 0 Å². The van der Waals surface area contributed by atoms with Crippen LogP contribution in [0.1, 0.15) is 10.4 Å². The molecule has 2 aromatic carbocycles. The molecule has 5 atom stereocenters. The van der Waals surface area contributed by atoms with Gasteiger partial charge in [0, 0.05) is 18.2 Å². The third-order valence-corrected chi connectivity index (χ3v) is 4.48. The maximum atomic E-state index is 12.1. The van der Waals surface area contributed by atoms with Crippen molar-refractivity contribution in [1.82, 2.24) is 0 Å². The largest absolute Gasteiger partial charge is 0.508 e. The Kier molecular flexibility index (Phi) is 6.27. The fourth-order valence-corrected chi connectivity index (χ4v) is 2.88. The molecule has 168 valence electrons. The lowest BCUT2D eigenvalue weighted by atomic mass is 9.99. The third kappa shape index (κ3) is 4.83. The summed E-state index contributed by atoms with van der Waals surface area (Å²) in [7, 11) is 0. The number of aliphatic hydroxyl groups is 3. The first-order valence-corrected chi connectivity index (χ1v) is 8.88. The number of phenols is 5. The van der Waals surface area contributed by atoms with E-state index in [4.69, 9.17) is 14.2 Å². The maximum Gasteiger partial charge on any atom is 0.338 e. The van der Waals surface area contributed by atoms with Gasteiger partial charge in [0.05, 0.1) is 5.56 Å². The van der Waals surface area contributed by atoms with Gasteiger partial charge in [-0.3, -0.25) is 0 Å². The number of carbonyl (C=O) groups excluding carboxylic acids is 1. The molecule has 8 N–H and O–H groups in total. The molecule has 0 aliphatic carbocycles. The standard InChI is InChI=1S/C19H20O12/c20-8-3-9(21)5-10(4-8)30-19-17(27)16(26)15(25)13(31-19)6-29-18(28)7-1-11(22)14(24)12(23)2-7/h1-5,13,15-17,19-27H,6H2/t13-,15-,16+,17-,19-/m1/s1. The summed E-state index contributed by atoms with van der Waals surface area (Å²) in [5.74, 6) is -4.20. The van der Waals surface area contributed by atoms with E-state index in [9.17, 15) is 45.6 Å². The molecule has 0 aromatic heterocycles. The number of carbonyl (C=O) groups is 1. The summed E-state index contributed by atoms with van der Waals surface area (Å²) in [6.45, 7) is -0.628. The number of hydrogen-bond acceptors (Lipinski definition) is 12. The van der Waals surface area contributed by atoms with Crippen LogP contribution in [0.25, 0.3) is 0 Å². The first kappa shape index (κ1) is 22.2. The maximum absolute atomic E-state index is 12.1. The second-order valence-corrected chi connectivity index (χ2v) is 6.78. The summed E-state index contributed by atoms with van der Waals surface area (Å²) in [5.41, 5.74) is -0.318.